The Balaban J connectivity index is 1.38. The molecule has 0 spiro atoms. The summed E-state index contributed by atoms with van der Waals surface area (Å²) in [6.45, 7) is 10.0. The van der Waals surface area contributed by atoms with Gasteiger partial charge >= 0.3 is 7.12 Å². The molecule has 0 aliphatic carbocycles. The van der Waals surface area contributed by atoms with Crippen molar-refractivity contribution in [1.29, 1.82) is 0 Å². The molecule has 2 aliphatic rings. The van der Waals surface area contributed by atoms with Crippen molar-refractivity contribution in [3.05, 3.63) is 36.2 Å². The Kier molecular flexibility index (Phi) is 5.98. The predicted molar refractivity (Wildman–Crippen MR) is 121 cm³/mol. The number of amides is 1. The molecule has 1 amide bonds. The molecule has 1 atom stereocenters. The third-order valence-electron chi connectivity index (χ3n) is 6.77. The van der Waals surface area contributed by atoms with Crippen LogP contribution in [0.3, 0.4) is 0 Å². The molecule has 0 saturated carbocycles. The van der Waals surface area contributed by atoms with Crippen molar-refractivity contribution < 1.29 is 23.6 Å². The summed E-state index contributed by atoms with van der Waals surface area (Å²) in [7, 11) is 2.82. The minimum absolute atomic E-state index is 0.145. The summed E-state index contributed by atoms with van der Waals surface area (Å²) >= 11 is 0. The average molecular weight is 441 g/mol. The smallest absolute Gasteiger partial charge is 0.497 e. The molecule has 0 N–H and O–H groups in total. The number of methoxy groups -OCH3 is 2. The number of hydrogen-bond donors (Lipinski definition) is 0. The quantitative estimate of drug-likeness (QED) is 0.614. The van der Waals surface area contributed by atoms with Gasteiger partial charge < -0.3 is 23.7 Å². The molecule has 0 bridgehead atoms. The molecule has 1 aromatic carbocycles. The third kappa shape index (κ3) is 4.36. The molecule has 0 radical (unpaired) electrons. The molecule has 2 saturated heterocycles. The zero-order valence-corrected chi connectivity index (χ0v) is 19.8. The second kappa shape index (κ2) is 8.44. The van der Waals surface area contributed by atoms with Gasteiger partial charge in [0, 0.05) is 61.5 Å². The van der Waals surface area contributed by atoms with E-state index in [4.69, 9.17) is 18.8 Å². The Morgan fingerprint density at radius 2 is 1.88 bits per heavy atom. The number of rotatable bonds is 7. The Bertz CT molecular complexity index is 974. The van der Waals surface area contributed by atoms with E-state index in [-0.39, 0.29) is 23.0 Å². The number of carbonyl (C=O) groups is 1. The molecular weight excluding hydrogens is 409 g/mol. The molecule has 9 heteroatoms. The van der Waals surface area contributed by atoms with E-state index in [0.717, 1.165) is 22.5 Å². The maximum Gasteiger partial charge on any atom is 0.498 e. The van der Waals surface area contributed by atoms with Crippen LogP contribution in [-0.4, -0.2) is 59.7 Å². The summed E-state index contributed by atoms with van der Waals surface area (Å²) in [6.07, 6.45) is 4.25. The Morgan fingerprint density at radius 1 is 1.16 bits per heavy atom. The van der Waals surface area contributed by atoms with Crippen LogP contribution < -0.4 is 14.9 Å². The van der Waals surface area contributed by atoms with E-state index in [1.54, 1.807) is 20.4 Å². The van der Waals surface area contributed by atoms with Crippen LogP contribution in [0.25, 0.3) is 0 Å². The Morgan fingerprint density at radius 3 is 2.53 bits per heavy atom. The van der Waals surface area contributed by atoms with Crippen LogP contribution >= 0.6 is 0 Å². The monoisotopic (exact) mass is 441 g/mol. The lowest BCUT2D eigenvalue weighted by Gasteiger charge is -2.32. The van der Waals surface area contributed by atoms with Crippen LogP contribution in [0.2, 0.25) is 0 Å². The van der Waals surface area contributed by atoms with Gasteiger partial charge in [-0.2, -0.15) is 5.10 Å². The van der Waals surface area contributed by atoms with Crippen LogP contribution in [0.5, 0.6) is 11.5 Å². The first kappa shape index (κ1) is 22.7. The Hall–Kier alpha value is -2.52. The highest BCUT2D eigenvalue weighted by Gasteiger charge is 2.52. The lowest BCUT2D eigenvalue weighted by Crippen LogP contribution is -2.41. The van der Waals surface area contributed by atoms with Gasteiger partial charge in [-0.25, -0.2) is 0 Å². The number of nitrogens with zero attached hydrogens (tertiary/aromatic N) is 3. The fraction of sp³-hybridized carbons (Fsp3) is 0.565. The zero-order valence-electron chi connectivity index (χ0n) is 19.8. The fourth-order valence-electron chi connectivity index (χ4n) is 4.16. The van der Waals surface area contributed by atoms with Crippen LogP contribution in [-0.2, 0) is 27.2 Å². The highest BCUT2D eigenvalue weighted by molar-refractivity contribution is 6.62. The van der Waals surface area contributed by atoms with Gasteiger partial charge in [-0.1, -0.05) is 0 Å². The van der Waals surface area contributed by atoms with Gasteiger partial charge in [0.25, 0.3) is 0 Å². The van der Waals surface area contributed by atoms with E-state index in [2.05, 4.69) is 5.10 Å². The van der Waals surface area contributed by atoms with Gasteiger partial charge in [-0.15, -0.1) is 0 Å². The molecule has 3 heterocycles. The summed E-state index contributed by atoms with van der Waals surface area (Å²) in [5.41, 5.74) is 1.08. The third-order valence-corrected chi connectivity index (χ3v) is 6.77. The van der Waals surface area contributed by atoms with Gasteiger partial charge in [0.05, 0.1) is 25.4 Å². The minimum Gasteiger partial charge on any atom is -0.497 e. The minimum atomic E-state index is -0.432. The number of ether oxygens (including phenoxy) is 2. The molecular formula is C23H32BN3O5. The molecule has 2 aromatic rings. The van der Waals surface area contributed by atoms with Gasteiger partial charge in [0.1, 0.15) is 11.5 Å². The van der Waals surface area contributed by atoms with Crippen LogP contribution in [0.1, 0.15) is 39.7 Å². The van der Waals surface area contributed by atoms with Crippen LogP contribution in [0.4, 0.5) is 0 Å². The first-order valence-electron chi connectivity index (χ1n) is 11.0. The maximum atomic E-state index is 12.7. The molecule has 4 rings (SSSR count). The largest absolute Gasteiger partial charge is 0.498 e. The van der Waals surface area contributed by atoms with Crippen LogP contribution in [0.15, 0.2) is 30.6 Å². The molecule has 2 fully saturated rings. The van der Waals surface area contributed by atoms with E-state index < -0.39 is 7.12 Å². The van der Waals surface area contributed by atoms with E-state index in [1.165, 1.54) is 0 Å². The van der Waals surface area contributed by atoms with E-state index in [9.17, 15) is 4.79 Å². The van der Waals surface area contributed by atoms with Crippen molar-refractivity contribution in [3.63, 3.8) is 0 Å². The first-order valence-corrected chi connectivity index (χ1v) is 11.0. The van der Waals surface area contributed by atoms with Crippen molar-refractivity contribution in [2.75, 3.05) is 20.8 Å². The normalized spacial score (nSPS) is 21.9. The topological polar surface area (TPSA) is 75.0 Å². The fourth-order valence-corrected chi connectivity index (χ4v) is 4.16. The van der Waals surface area contributed by atoms with E-state index in [1.807, 2.05) is 61.7 Å². The highest BCUT2D eigenvalue weighted by Crippen LogP contribution is 2.36. The standard InChI is InChI=1S/C23H32BN3O5/c1-22(2)23(3,4)32-24(31-22)18-11-25-27(15-18)13-16-9-21(28)26(12-16)14-17-7-8-19(29-5)10-20(17)30-6/h7-8,10-11,15-16H,9,12-14H2,1-6H3. The average Bonchev–Trinajstić information content (AvgIpc) is 3.39. The number of hydrogen-bond acceptors (Lipinski definition) is 6. The second-order valence-corrected chi connectivity index (χ2v) is 9.61. The summed E-state index contributed by atoms with van der Waals surface area (Å²) in [6, 6.07) is 5.67. The zero-order chi connectivity index (χ0) is 23.1. The molecule has 8 nitrogen and oxygen atoms in total. The van der Waals surface area contributed by atoms with E-state index in [0.29, 0.717) is 26.1 Å². The lowest BCUT2D eigenvalue weighted by molar-refractivity contribution is -0.128. The second-order valence-electron chi connectivity index (χ2n) is 9.61. The first-order chi connectivity index (χ1) is 15.1. The van der Waals surface area contributed by atoms with Gasteiger partial charge in [-0.3, -0.25) is 9.48 Å². The van der Waals surface area contributed by atoms with Crippen molar-refractivity contribution in [2.45, 2.75) is 58.4 Å². The van der Waals surface area contributed by atoms with Gasteiger partial charge in [0.2, 0.25) is 5.91 Å². The summed E-state index contributed by atoms with van der Waals surface area (Å²) < 4.78 is 24.9. The molecule has 172 valence electrons. The van der Waals surface area contributed by atoms with Crippen molar-refractivity contribution in [3.8, 4) is 11.5 Å². The van der Waals surface area contributed by atoms with Gasteiger partial charge in [-0.05, 0) is 39.8 Å². The predicted octanol–water partition coefficient (Wildman–Crippen LogP) is 2.25. The number of carbonyl (C=O) groups excluding carboxylic acids is 1. The molecule has 32 heavy (non-hydrogen) atoms. The highest BCUT2D eigenvalue weighted by atomic mass is 16.7. The lowest BCUT2D eigenvalue weighted by atomic mass is 9.82. The van der Waals surface area contributed by atoms with Crippen molar-refractivity contribution >= 4 is 18.5 Å². The molecule has 2 aliphatic heterocycles. The summed E-state index contributed by atoms with van der Waals surface area (Å²) in [4.78, 5) is 14.5. The van der Waals surface area contributed by atoms with Crippen LogP contribution in [0, 0.1) is 5.92 Å². The molecule has 1 unspecified atom stereocenters. The molecule has 1 aromatic heterocycles. The van der Waals surface area contributed by atoms with Crippen molar-refractivity contribution in [2.24, 2.45) is 5.92 Å². The van der Waals surface area contributed by atoms with E-state index >= 15 is 0 Å². The SMILES string of the molecule is COc1ccc(CN2CC(Cn3cc(B4OC(C)(C)C(C)(C)O4)cn3)CC2=O)c(OC)c1. The van der Waals surface area contributed by atoms with Gasteiger partial charge in [0.15, 0.2) is 0 Å². The number of likely N-dealkylation sites (tertiary alicyclic amines) is 1. The van der Waals surface area contributed by atoms with Crippen molar-refractivity contribution in [1.82, 2.24) is 14.7 Å². The summed E-state index contributed by atoms with van der Waals surface area (Å²) in [5, 5.41) is 4.49. The Labute approximate surface area is 189 Å². The maximum absolute atomic E-state index is 12.7. The summed E-state index contributed by atoms with van der Waals surface area (Å²) in [5.74, 6) is 1.79. The number of aromatic nitrogens is 2. The number of benzene rings is 1.